The van der Waals surface area contributed by atoms with Crippen LogP contribution < -0.4 is 5.32 Å². The smallest absolute Gasteiger partial charge is 0.151 e. The molecule has 5 nitrogen and oxygen atoms in total. The van der Waals surface area contributed by atoms with Crippen LogP contribution in [0.25, 0.3) is 0 Å². The van der Waals surface area contributed by atoms with E-state index in [2.05, 4.69) is 15.2 Å². The molecule has 0 bridgehead atoms. The Bertz CT molecular complexity index is 490. The molecule has 1 unspecified atom stereocenters. The number of sulfone groups is 1. The Morgan fingerprint density at radius 1 is 1.47 bits per heavy atom. The van der Waals surface area contributed by atoms with Gasteiger partial charge in [0.05, 0.1) is 17.2 Å². The van der Waals surface area contributed by atoms with Gasteiger partial charge in [0.25, 0.3) is 0 Å². The zero-order chi connectivity index (χ0) is 13.7. The minimum Gasteiger partial charge on any atom is -0.312 e. The van der Waals surface area contributed by atoms with Crippen molar-refractivity contribution in [3.63, 3.8) is 0 Å². The lowest BCUT2D eigenvalue weighted by Crippen LogP contribution is -2.36. The quantitative estimate of drug-likeness (QED) is 0.813. The van der Waals surface area contributed by atoms with Crippen LogP contribution in [-0.2, 0) is 16.4 Å². The predicted molar refractivity (Wildman–Crippen MR) is 75.6 cm³/mol. The first-order valence-electron chi connectivity index (χ1n) is 6.57. The molecule has 1 saturated heterocycles. The van der Waals surface area contributed by atoms with Gasteiger partial charge in [-0.2, -0.15) is 0 Å². The Labute approximate surface area is 114 Å². The molecule has 1 atom stereocenters. The van der Waals surface area contributed by atoms with E-state index in [1.165, 1.54) is 0 Å². The minimum absolute atomic E-state index is 0.133. The van der Waals surface area contributed by atoms with Crippen LogP contribution in [0.5, 0.6) is 0 Å². The fourth-order valence-corrected chi connectivity index (χ4v) is 3.97. The Kier molecular flexibility index (Phi) is 4.90. The summed E-state index contributed by atoms with van der Waals surface area (Å²) in [4.78, 5) is 6.46. The van der Waals surface area contributed by atoms with Crippen molar-refractivity contribution >= 4 is 9.84 Å². The molecule has 6 heteroatoms. The molecular formula is C13H21N3O2S. The second-order valence-corrected chi connectivity index (χ2v) is 7.34. The lowest BCUT2D eigenvalue weighted by Gasteiger charge is -2.18. The van der Waals surface area contributed by atoms with Crippen molar-refractivity contribution in [2.75, 3.05) is 31.6 Å². The van der Waals surface area contributed by atoms with Gasteiger partial charge in [0.2, 0.25) is 0 Å². The van der Waals surface area contributed by atoms with Gasteiger partial charge in [-0.3, -0.25) is 9.88 Å². The van der Waals surface area contributed by atoms with Gasteiger partial charge in [-0.25, -0.2) is 8.42 Å². The number of likely N-dealkylation sites (N-methyl/N-ethyl adjacent to an activating group) is 1. The Balaban J connectivity index is 1.66. The molecule has 1 aromatic heterocycles. The molecular weight excluding hydrogens is 262 g/mol. The molecule has 0 aromatic carbocycles. The molecule has 0 aliphatic carbocycles. The van der Waals surface area contributed by atoms with Gasteiger partial charge in [-0.1, -0.05) is 6.07 Å². The topological polar surface area (TPSA) is 62.3 Å². The summed E-state index contributed by atoms with van der Waals surface area (Å²) < 4.78 is 22.6. The number of aromatic nitrogens is 1. The van der Waals surface area contributed by atoms with Crippen LogP contribution in [0.1, 0.15) is 12.1 Å². The molecule has 0 amide bonds. The predicted octanol–water partition coefficient (Wildman–Crippen LogP) is 0.290. The summed E-state index contributed by atoms with van der Waals surface area (Å²) in [5.74, 6) is 0.616. The van der Waals surface area contributed by atoms with E-state index in [1.807, 2.05) is 25.2 Å². The van der Waals surface area contributed by atoms with Crippen LogP contribution in [0.4, 0.5) is 0 Å². The van der Waals surface area contributed by atoms with E-state index in [1.54, 1.807) is 6.20 Å². The van der Waals surface area contributed by atoms with E-state index in [0.717, 1.165) is 31.7 Å². The summed E-state index contributed by atoms with van der Waals surface area (Å²) in [7, 11) is -0.737. The van der Waals surface area contributed by atoms with Crippen molar-refractivity contribution in [3.8, 4) is 0 Å². The minimum atomic E-state index is -2.78. The molecule has 1 aliphatic rings. The van der Waals surface area contributed by atoms with E-state index in [4.69, 9.17) is 0 Å². The van der Waals surface area contributed by atoms with Gasteiger partial charge in [0.1, 0.15) is 0 Å². The van der Waals surface area contributed by atoms with Crippen molar-refractivity contribution in [2.45, 2.75) is 19.0 Å². The van der Waals surface area contributed by atoms with Crippen LogP contribution in [-0.4, -0.2) is 56.0 Å². The molecule has 0 radical (unpaired) electrons. The van der Waals surface area contributed by atoms with Gasteiger partial charge >= 0.3 is 0 Å². The van der Waals surface area contributed by atoms with Gasteiger partial charge in [0, 0.05) is 31.9 Å². The molecule has 106 valence electrons. The summed E-state index contributed by atoms with van der Waals surface area (Å²) in [6, 6.07) is 6.03. The van der Waals surface area contributed by atoms with Gasteiger partial charge in [0.15, 0.2) is 9.84 Å². The number of nitrogens with one attached hydrogen (secondary N) is 1. The van der Waals surface area contributed by atoms with Crippen LogP contribution in [0.3, 0.4) is 0 Å². The maximum Gasteiger partial charge on any atom is 0.151 e. The molecule has 1 aliphatic heterocycles. The first kappa shape index (κ1) is 14.4. The Morgan fingerprint density at radius 2 is 2.32 bits per heavy atom. The molecule has 19 heavy (non-hydrogen) atoms. The van der Waals surface area contributed by atoms with Crippen LogP contribution >= 0.6 is 0 Å². The van der Waals surface area contributed by atoms with Crippen molar-refractivity contribution < 1.29 is 8.42 Å². The summed E-state index contributed by atoms with van der Waals surface area (Å²) >= 11 is 0. The molecule has 0 spiro atoms. The van der Waals surface area contributed by atoms with Crippen molar-refractivity contribution in [1.29, 1.82) is 0 Å². The molecule has 2 rings (SSSR count). The zero-order valence-corrected chi connectivity index (χ0v) is 12.1. The summed E-state index contributed by atoms with van der Waals surface area (Å²) in [6.45, 7) is 2.50. The summed E-state index contributed by atoms with van der Waals surface area (Å²) in [5, 5.41) is 3.31. The summed E-state index contributed by atoms with van der Waals surface area (Å²) in [6.07, 6.45) is 2.54. The number of hydrogen-bond acceptors (Lipinski definition) is 5. The van der Waals surface area contributed by atoms with E-state index in [0.29, 0.717) is 5.75 Å². The highest BCUT2D eigenvalue weighted by atomic mass is 32.2. The molecule has 1 fully saturated rings. The lowest BCUT2D eigenvalue weighted by molar-refractivity contribution is 0.315. The number of hydrogen-bond donors (Lipinski definition) is 1. The fourth-order valence-electron chi connectivity index (χ4n) is 2.26. The second kappa shape index (κ2) is 6.45. The number of pyridine rings is 1. The van der Waals surface area contributed by atoms with Crippen molar-refractivity contribution in [3.05, 3.63) is 30.1 Å². The van der Waals surface area contributed by atoms with Gasteiger partial charge < -0.3 is 5.32 Å². The highest BCUT2D eigenvalue weighted by Gasteiger charge is 2.27. The maximum absolute atomic E-state index is 11.3. The monoisotopic (exact) mass is 283 g/mol. The third-order valence-corrected chi connectivity index (χ3v) is 5.08. The van der Waals surface area contributed by atoms with Gasteiger partial charge in [-0.15, -0.1) is 0 Å². The third kappa shape index (κ3) is 4.89. The first-order chi connectivity index (χ1) is 9.05. The van der Waals surface area contributed by atoms with E-state index in [-0.39, 0.29) is 11.8 Å². The largest absolute Gasteiger partial charge is 0.312 e. The van der Waals surface area contributed by atoms with E-state index in [9.17, 15) is 8.42 Å². The Hall–Kier alpha value is -0.980. The molecule has 0 saturated carbocycles. The van der Waals surface area contributed by atoms with Crippen LogP contribution in [0, 0.1) is 0 Å². The fraction of sp³-hybridized carbons (Fsp3) is 0.615. The highest BCUT2D eigenvalue weighted by Crippen LogP contribution is 2.10. The first-order valence-corrected chi connectivity index (χ1v) is 8.39. The number of nitrogens with zero attached hydrogens (tertiary/aromatic N) is 2. The lowest BCUT2D eigenvalue weighted by atomic mass is 10.2. The van der Waals surface area contributed by atoms with Crippen LogP contribution in [0.2, 0.25) is 0 Å². The molecule has 1 N–H and O–H groups in total. The zero-order valence-electron chi connectivity index (χ0n) is 11.2. The second-order valence-electron chi connectivity index (χ2n) is 5.11. The van der Waals surface area contributed by atoms with E-state index < -0.39 is 9.84 Å². The standard InChI is InChI=1S/C13H21N3O2S/c1-16(10-12-4-2-3-6-14-12)8-7-15-13-5-9-19(17,18)11-13/h2-4,6,13,15H,5,7-11H2,1H3. The van der Waals surface area contributed by atoms with Crippen molar-refractivity contribution in [2.24, 2.45) is 0 Å². The maximum atomic E-state index is 11.3. The van der Waals surface area contributed by atoms with Gasteiger partial charge in [-0.05, 0) is 25.6 Å². The number of rotatable bonds is 6. The average molecular weight is 283 g/mol. The van der Waals surface area contributed by atoms with E-state index >= 15 is 0 Å². The Morgan fingerprint density at radius 3 is 2.95 bits per heavy atom. The normalized spacial score (nSPS) is 21.9. The third-order valence-electron chi connectivity index (χ3n) is 3.32. The molecule has 2 heterocycles. The average Bonchev–Trinajstić information content (AvgIpc) is 2.70. The van der Waals surface area contributed by atoms with Crippen molar-refractivity contribution in [1.82, 2.24) is 15.2 Å². The SMILES string of the molecule is CN(CCNC1CCS(=O)(=O)C1)Cc1ccccn1. The molecule has 1 aromatic rings. The van der Waals surface area contributed by atoms with Crippen LogP contribution in [0.15, 0.2) is 24.4 Å². The summed E-state index contributed by atoms with van der Waals surface area (Å²) in [5.41, 5.74) is 1.05. The highest BCUT2D eigenvalue weighted by molar-refractivity contribution is 7.91.